The number of para-hydroxylation sites is 1. The summed E-state index contributed by atoms with van der Waals surface area (Å²) >= 11 is 0. The number of carbonyl (C=O) groups excluding carboxylic acids is 2. The van der Waals surface area contributed by atoms with Gasteiger partial charge < -0.3 is 15.0 Å². The van der Waals surface area contributed by atoms with Crippen molar-refractivity contribution in [3.05, 3.63) is 77.6 Å². The summed E-state index contributed by atoms with van der Waals surface area (Å²) in [4.78, 5) is 27.4. The van der Waals surface area contributed by atoms with Crippen LogP contribution in [0.2, 0.25) is 0 Å². The fraction of sp³-hybridized carbons (Fsp3) is 0.333. The normalized spacial score (nSPS) is 24.3. The van der Waals surface area contributed by atoms with Gasteiger partial charge in [0.25, 0.3) is 5.91 Å². The minimum Gasteiger partial charge on any atom is -0.490 e. The van der Waals surface area contributed by atoms with E-state index < -0.39 is 6.04 Å². The number of nitrogens with one attached hydrogen (secondary N) is 1. The molecule has 0 aliphatic carbocycles. The van der Waals surface area contributed by atoms with Crippen LogP contribution in [0, 0.1) is 5.82 Å². The topological polar surface area (TPSA) is 58.6 Å². The Morgan fingerprint density at radius 3 is 2.40 bits per heavy atom. The molecule has 1 aliphatic rings. The van der Waals surface area contributed by atoms with Crippen LogP contribution in [0.25, 0.3) is 0 Å². The van der Waals surface area contributed by atoms with Crippen molar-refractivity contribution in [2.24, 2.45) is 0 Å². The average Bonchev–Trinajstić information content (AvgIpc) is 2.74. The fourth-order valence-electron chi connectivity index (χ4n) is 3.34. The van der Waals surface area contributed by atoms with E-state index in [-0.39, 0.29) is 29.8 Å². The van der Waals surface area contributed by atoms with Crippen LogP contribution in [0.4, 0.5) is 4.39 Å². The second-order valence-corrected chi connectivity index (χ2v) is 7.57. The van der Waals surface area contributed by atoms with Crippen molar-refractivity contribution in [1.29, 1.82) is 0 Å². The van der Waals surface area contributed by atoms with Crippen LogP contribution in [0.1, 0.15) is 48.7 Å². The molecule has 0 unspecified atom stereocenters. The van der Waals surface area contributed by atoms with Crippen LogP contribution >= 0.6 is 0 Å². The van der Waals surface area contributed by atoms with Gasteiger partial charge in [-0.05, 0) is 50.1 Å². The molecule has 158 valence electrons. The summed E-state index contributed by atoms with van der Waals surface area (Å²) in [5.74, 6) is -0.391. The number of fused-ring (bicyclic) bond motifs is 1. The Morgan fingerprint density at radius 2 is 1.67 bits per heavy atom. The zero-order chi connectivity index (χ0) is 21.7. The molecule has 0 saturated heterocycles. The summed E-state index contributed by atoms with van der Waals surface area (Å²) in [5, 5.41) is 3.00. The minimum atomic E-state index is -0.696. The molecule has 1 heterocycles. The van der Waals surface area contributed by atoms with Crippen LogP contribution < -0.4 is 10.1 Å². The summed E-state index contributed by atoms with van der Waals surface area (Å²) in [6.07, 6.45) is 5.06. The van der Waals surface area contributed by atoms with Gasteiger partial charge in [0.2, 0.25) is 5.91 Å². The van der Waals surface area contributed by atoms with E-state index in [4.69, 9.17) is 4.74 Å². The van der Waals surface area contributed by atoms with E-state index in [0.29, 0.717) is 24.2 Å². The molecule has 1 aliphatic heterocycles. The maximum absolute atomic E-state index is 13.3. The molecule has 2 aromatic rings. The van der Waals surface area contributed by atoms with Crippen molar-refractivity contribution in [1.82, 2.24) is 10.2 Å². The molecule has 0 saturated carbocycles. The second-order valence-electron chi connectivity index (χ2n) is 7.57. The highest BCUT2D eigenvalue weighted by Gasteiger charge is 2.27. The molecule has 30 heavy (non-hydrogen) atoms. The molecular weight excluding hydrogens is 383 g/mol. The molecule has 0 fully saturated rings. The highest BCUT2D eigenvalue weighted by molar-refractivity contribution is 5.99. The van der Waals surface area contributed by atoms with Gasteiger partial charge in [-0.2, -0.15) is 0 Å². The molecule has 5 nitrogen and oxygen atoms in total. The van der Waals surface area contributed by atoms with E-state index in [2.05, 4.69) is 5.32 Å². The van der Waals surface area contributed by atoms with Crippen molar-refractivity contribution in [2.45, 2.75) is 44.9 Å². The molecule has 2 amide bonds. The number of nitrogens with zero attached hydrogens (tertiary/aromatic N) is 1. The Kier molecular flexibility index (Phi) is 6.87. The summed E-state index contributed by atoms with van der Waals surface area (Å²) in [6.45, 7) is 3.63. The maximum atomic E-state index is 13.3. The molecule has 0 spiro atoms. The smallest absolute Gasteiger partial charge is 0.258 e. The molecule has 1 N–H and O–H groups in total. The number of hydrogen-bond donors (Lipinski definition) is 1. The molecule has 3 rings (SSSR count). The van der Waals surface area contributed by atoms with Crippen molar-refractivity contribution < 1.29 is 18.7 Å². The Bertz CT molecular complexity index is 926. The predicted molar refractivity (Wildman–Crippen MR) is 114 cm³/mol. The zero-order valence-electron chi connectivity index (χ0n) is 17.5. The first-order chi connectivity index (χ1) is 14.4. The Balaban J connectivity index is 1.92. The number of amides is 2. The van der Waals surface area contributed by atoms with Gasteiger partial charge in [-0.15, -0.1) is 0 Å². The van der Waals surface area contributed by atoms with Crippen LogP contribution in [-0.4, -0.2) is 35.9 Å². The highest BCUT2D eigenvalue weighted by Crippen LogP contribution is 2.24. The average molecular weight is 410 g/mol. The van der Waals surface area contributed by atoms with E-state index >= 15 is 0 Å². The molecule has 3 atom stereocenters. The summed E-state index contributed by atoms with van der Waals surface area (Å²) in [7, 11) is 1.60. The van der Waals surface area contributed by atoms with Gasteiger partial charge >= 0.3 is 0 Å². The molecule has 6 heteroatoms. The quantitative estimate of drug-likeness (QED) is 0.715. The lowest BCUT2D eigenvalue weighted by molar-refractivity contribution is -0.125. The van der Waals surface area contributed by atoms with Crippen LogP contribution in [0.3, 0.4) is 0 Å². The largest absolute Gasteiger partial charge is 0.490 e. The van der Waals surface area contributed by atoms with Crippen LogP contribution in [-0.2, 0) is 4.79 Å². The van der Waals surface area contributed by atoms with Crippen molar-refractivity contribution in [2.75, 3.05) is 7.05 Å². The van der Waals surface area contributed by atoms with Gasteiger partial charge in [0.05, 0.1) is 17.7 Å². The van der Waals surface area contributed by atoms with E-state index in [0.717, 1.165) is 5.56 Å². The highest BCUT2D eigenvalue weighted by atomic mass is 19.1. The number of hydrogen-bond acceptors (Lipinski definition) is 3. The number of halogens is 1. The standard InChI is InChI=1S/C24H27FN2O3/c1-16-8-4-6-10-21(18-12-14-19(25)15-13-18)26-23(28)17(2)27(3)24(29)20-9-5-7-11-22(20)30-16/h4-7,9,11-17,21H,8,10H2,1-3H3,(H,26,28)/b6-4+/t16-,17+,21+/m1/s1. The monoisotopic (exact) mass is 410 g/mol. The summed E-state index contributed by atoms with van der Waals surface area (Å²) < 4.78 is 19.3. The number of ether oxygens (including phenoxy) is 1. The van der Waals surface area contributed by atoms with Crippen LogP contribution in [0.15, 0.2) is 60.7 Å². The second kappa shape index (κ2) is 9.57. The van der Waals surface area contributed by atoms with E-state index in [1.807, 2.05) is 25.1 Å². The maximum Gasteiger partial charge on any atom is 0.258 e. The lowest BCUT2D eigenvalue weighted by Crippen LogP contribution is -2.47. The summed E-state index contributed by atoms with van der Waals surface area (Å²) in [5.41, 5.74) is 1.22. The first-order valence-electron chi connectivity index (χ1n) is 10.1. The fourth-order valence-corrected chi connectivity index (χ4v) is 3.34. The molecule has 0 bridgehead atoms. The Hall–Kier alpha value is -3.15. The van der Waals surface area contributed by atoms with Crippen LogP contribution in [0.5, 0.6) is 5.75 Å². The van der Waals surface area contributed by atoms with E-state index in [1.54, 1.807) is 44.3 Å². The molecule has 0 radical (unpaired) electrons. The first kappa shape index (κ1) is 21.6. The molecular formula is C24H27FN2O3. The lowest BCUT2D eigenvalue weighted by atomic mass is 10.0. The molecule has 2 aromatic carbocycles. The lowest BCUT2D eigenvalue weighted by Gasteiger charge is -2.28. The third-order valence-electron chi connectivity index (χ3n) is 5.32. The SMILES string of the molecule is C[C@@H]1C/C=C/C[C@@H](c2ccc(F)cc2)NC(=O)[C@H](C)N(C)C(=O)c2ccccc2O1. The number of carbonyl (C=O) groups is 2. The van der Waals surface area contributed by atoms with Gasteiger partial charge in [0, 0.05) is 13.5 Å². The van der Waals surface area contributed by atoms with Gasteiger partial charge in [0.1, 0.15) is 17.6 Å². The third-order valence-corrected chi connectivity index (χ3v) is 5.32. The van der Waals surface area contributed by atoms with Gasteiger partial charge in [-0.25, -0.2) is 4.39 Å². The van der Waals surface area contributed by atoms with Crippen molar-refractivity contribution in [3.8, 4) is 5.75 Å². The Morgan fingerprint density at radius 1 is 1.00 bits per heavy atom. The number of likely N-dealkylation sites (N-methyl/N-ethyl adjacent to an activating group) is 1. The van der Waals surface area contributed by atoms with Gasteiger partial charge in [-0.1, -0.05) is 36.4 Å². The van der Waals surface area contributed by atoms with Gasteiger partial charge in [-0.3, -0.25) is 9.59 Å². The third kappa shape index (κ3) is 5.06. The minimum absolute atomic E-state index is 0.125. The van der Waals surface area contributed by atoms with Crippen molar-refractivity contribution in [3.63, 3.8) is 0 Å². The number of benzene rings is 2. The van der Waals surface area contributed by atoms with Gasteiger partial charge in [0.15, 0.2) is 0 Å². The van der Waals surface area contributed by atoms with E-state index in [1.165, 1.54) is 17.0 Å². The Labute approximate surface area is 176 Å². The zero-order valence-corrected chi connectivity index (χ0v) is 17.5. The number of rotatable bonds is 1. The van der Waals surface area contributed by atoms with Crippen molar-refractivity contribution >= 4 is 11.8 Å². The summed E-state index contributed by atoms with van der Waals surface area (Å²) in [6, 6.07) is 12.1. The molecule has 0 aromatic heterocycles. The first-order valence-corrected chi connectivity index (χ1v) is 10.1. The van der Waals surface area contributed by atoms with E-state index in [9.17, 15) is 14.0 Å². The predicted octanol–water partition coefficient (Wildman–Crippen LogP) is 4.26.